The van der Waals surface area contributed by atoms with Crippen molar-refractivity contribution >= 4 is 5.78 Å². The normalized spacial score (nSPS) is 21.5. The van der Waals surface area contributed by atoms with Crippen molar-refractivity contribution in [3.05, 3.63) is 12.7 Å². The molecule has 0 saturated heterocycles. The number of ketones is 1. The number of allylic oxidation sites excluding steroid dienone is 1. The van der Waals surface area contributed by atoms with Crippen molar-refractivity contribution in [3.63, 3.8) is 0 Å². The Morgan fingerprint density at radius 1 is 1.31 bits per heavy atom. The summed E-state index contributed by atoms with van der Waals surface area (Å²) in [7, 11) is 0. The summed E-state index contributed by atoms with van der Waals surface area (Å²) < 4.78 is 36.4. The van der Waals surface area contributed by atoms with Gasteiger partial charge in [-0.05, 0) is 12.8 Å². The van der Waals surface area contributed by atoms with E-state index in [-0.39, 0.29) is 12.8 Å². The van der Waals surface area contributed by atoms with Crippen molar-refractivity contribution in [2.45, 2.75) is 31.9 Å². The Morgan fingerprint density at radius 3 is 2.08 bits per heavy atom. The standard InChI is InChI=1S/C9H11F3O/c1-2-8(5-3-4-6-8)7(13)9(10,11)12/h2H,1,3-6H2. The molecular weight excluding hydrogens is 181 g/mol. The highest BCUT2D eigenvalue weighted by Gasteiger charge is 2.52. The van der Waals surface area contributed by atoms with Gasteiger partial charge in [0.1, 0.15) is 0 Å². The molecule has 0 amide bonds. The molecule has 0 radical (unpaired) electrons. The first-order valence-electron chi connectivity index (χ1n) is 4.18. The molecule has 0 heterocycles. The molecule has 4 heteroatoms. The molecule has 1 rings (SSSR count). The topological polar surface area (TPSA) is 17.1 Å². The Kier molecular flexibility index (Phi) is 2.50. The van der Waals surface area contributed by atoms with Crippen LogP contribution in [-0.2, 0) is 4.79 Å². The number of carbonyl (C=O) groups is 1. The van der Waals surface area contributed by atoms with Gasteiger partial charge in [-0.15, -0.1) is 6.58 Å². The van der Waals surface area contributed by atoms with Crippen LogP contribution < -0.4 is 0 Å². The minimum absolute atomic E-state index is 0.287. The van der Waals surface area contributed by atoms with Gasteiger partial charge in [-0.25, -0.2) is 0 Å². The summed E-state index contributed by atoms with van der Waals surface area (Å²) in [4.78, 5) is 11.0. The highest BCUT2D eigenvalue weighted by molar-refractivity contribution is 5.91. The smallest absolute Gasteiger partial charge is 0.289 e. The van der Waals surface area contributed by atoms with Crippen LogP contribution in [-0.4, -0.2) is 12.0 Å². The summed E-state index contributed by atoms with van der Waals surface area (Å²) in [5, 5.41) is 0. The van der Waals surface area contributed by atoms with Crippen LogP contribution in [0.3, 0.4) is 0 Å². The monoisotopic (exact) mass is 192 g/mol. The van der Waals surface area contributed by atoms with E-state index in [2.05, 4.69) is 6.58 Å². The Balaban J connectivity index is 2.89. The zero-order valence-electron chi connectivity index (χ0n) is 7.16. The van der Waals surface area contributed by atoms with Crippen LogP contribution in [0.25, 0.3) is 0 Å². The zero-order chi connectivity index (χ0) is 10.1. The van der Waals surface area contributed by atoms with Crippen LogP contribution in [0.5, 0.6) is 0 Å². The molecule has 0 aromatic carbocycles. The van der Waals surface area contributed by atoms with Crippen molar-refractivity contribution in [1.82, 2.24) is 0 Å². The van der Waals surface area contributed by atoms with Gasteiger partial charge in [0.05, 0.1) is 5.41 Å². The van der Waals surface area contributed by atoms with Gasteiger partial charge >= 0.3 is 6.18 Å². The fourth-order valence-corrected chi connectivity index (χ4v) is 1.81. The van der Waals surface area contributed by atoms with Crippen molar-refractivity contribution in [2.75, 3.05) is 0 Å². The maximum atomic E-state index is 12.1. The molecule has 0 aromatic heterocycles. The third-order valence-electron chi connectivity index (χ3n) is 2.60. The Hall–Kier alpha value is -0.800. The van der Waals surface area contributed by atoms with Crippen LogP contribution in [0.4, 0.5) is 13.2 Å². The lowest BCUT2D eigenvalue weighted by Crippen LogP contribution is -2.37. The van der Waals surface area contributed by atoms with Crippen molar-refractivity contribution in [1.29, 1.82) is 0 Å². The number of alkyl halides is 3. The average molecular weight is 192 g/mol. The molecule has 13 heavy (non-hydrogen) atoms. The number of carbonyl (C=O) groups excluding carboxylic acids is 1. The van der Waals surface area contributed by atoms with Crippen LogP contribution >= 0.6 is 0 Å². The maximum Gasteiger partial charge on any atom is 0.450 e. The summed E-state index contributed by atoms with van der Waals surface area (Å²) in [5.74, 6) is -1.63. The Bertz CT molecular complexity index is 224. The molecule has 0 aromatic rings. The van der Waals surface area contributed by atoms with E-state index in [1.54, 1.807) is 0 Å². The van der Waals surface area contributed by atoms with Gasteiger partial charge in [-0.1, -0.05) is 18.9 Å². The lowest BCUT2D eigenvalue weighted by atomic mass is 9.81. The Labute approximate surface area is 74.6 Å². The van der Waals surface area contributed by atoms with Gasteiger partial charge in [0.2, 0.25) is 5.78 Å². The second-order valence-electron chi connectivity index (χ2n) is 3.39. The van der Waals surface area contributed by atoms with Crippen LogP contribution in [0.2, 0.25) is 0 Å². The van der Waals surface area contributed by atoms with Gasteiger partial charge < -0.3 is 0 Å². The highest BCUT2D eigenvalue weighted by Crippen LogP contribution is 2.44. The third kappa shape index (κ3) is 1.76. The second kappa shape index (κ2) is 3.16. The second-order valence-corrected chi connectivity index (χ2v) is 3.39. The predicted molar refractivity (Wildman–Crippen MR) is 42.2 cm³/mol. The van der Waals surface area contributed by atoms with Crippen LogP contribution in [0, 0.1) is 5.41 Å². The number of hydrogen-bond acceptors (Lipinski definition) is 1. The number of halogens is 3. The van der Waals surface area contributed by atoms with E-state index in [1.165, 1.54) is 0 Å². The van der Waals surface area contributed by atoms with Gasteiger partial charge in [0.15, 0.2) is 0 Å². The van der Waals surface area contributed by atoms with Crippen molar-refractivity contribution in [2.24, 2.45) is 5.41 Å². The molecule has 0 unspecified atom stereocenters. The SMILES string of the molecule is C=CC1(C(=O)C(F)(F)F)CCCC1. The van der Waals surface area contributed by atoms with Gasteiger partial charge in [-0.2, -0.15) is 13.2 Å². The molecule has 1 aliphatic carbocycles. The molecule has 0 N–H and O–H groups in total. The van der Waals surface area contributed by atoms with Gasteiger partial charge in [0, 0.05) is 0 Å². The highest BCUT2D eigenvalue weighted by atomic mass is 19.4. The Morgan fingerprint density at radius 2 is 1.77 bits per heavy atom. The summed E-state index contributed by atoms with van der Waals surface area (Å²) >= 11 is 0. The lowest BCUT2D eigenvalue weighted by molar-refractivity contribution is -0.179. The maximum absolute atomic E-state index is 12.1. The van der Waals surface area contributed by atoms with E-state index >= 15 is 0 Å². The summed E-state index contributed by atoms with van der Waals surface area (Å²) in [6.07, 6.45) is -1.64. The molecule has 0 bridgehead atoms. The molecule has 74 valence electrons. The molecule has 0 spiro atoms. The largest absolute Gasteiger partial charge is 0.450 e. The fraction of sp³-hybridized carbons (Fsp3) is 0.667. The van der Waals surface area contributed by atoms with E-state index in [0.717, 1.165) is 6.08 Å². The van der Waals surface area contributed by atoms with E-state index in [1.807, 2.05) is 0 Å². The number of hydrogen-bond donors (Lipinski definition) is 0. The van der Waals surface area contributed by atoms with E-state index in [0.29, 0.717) is 12.8 Å². The van der Waals surface area contributed by atoms with Gasteiger partial charge in [0.25, 0.3) is 0 Å². The van der Waals surface area contributed by atoms with E-state index < -0.39 is 17.4 Å². The van der Waals surface area contributed by atoms with E-state index in [4.69, 9.17) is 0 Å². The van der Waals surface area contributed by atoms with E-state index in [9.17, 15) is 18.0 Å². The summed E-state index contributed by atoms with van der Waals surface area (Å²) in [6.45, 7) is 3.33. The minimum Gasteiger partial charge on any atom is -0.289 e. The quantitative estimate of drug-likeness (QED) is 0.615. The molecule has 1 nitrogen and oxygen atoms in total. The average Bonchev–Trinajstić information content (AvgIpc) is 2.50. The fourth-order valence-electron chi connectivity index (χ4n) is 1.81. The zero-order valence-corrected chi connectivity index (χ0v) is 7.16. The van der Waals surface area contributed by atoms with Gasteiger partial charge in [-0.3, -0.25) is 4.79 Å². The number of Topliss-reactive ketones (excluding diaryl/α,β-unsaturated/α-hetero) is 1. The molecule has 0 aliphatic heterocycles. The predicted octanol–water partition coefficient (Wildman–Crippen LogP) is 2.86. The van der Waals surface area contributed by atoms with Crippen molar-refractivity contribution < 1.29 is 18.0 Å². The molecular formula is C9H11F3O. The summed E-state index contributed by atoms with van der Waals surface area (Å²) in [5.41, 5.74) is -1.32. The first kappa shape index (κ1) is 10.3. The van der Waals surface area contributed by atoms with Crippen LogP contribution in [0.1, 0.15) is 25.7 Å². The molecule has 0 atom stereocenters. The molecule has 1 aliphatic rings. The van der Waals surface area contributed by atoms with Crippen molar-refractivity contribution in [3.8, 4) is 0 Å². The first-order valence-corrected chi connectivity index (χ1v) is 4.18. The van der Waals surface area contributed by atoms with Crippen LogP contribution in [0.15, 0.2) is 12.7 Å². The molecule has 1 fully saturated rings. The molecule has 1 saturated carbocycles. The summed E-state index contributed by atoms with van der Waals surface area (Å²) in [6, 6.07) is 0. The lowest BCUT2D eigenvalue weighted by Gasteiger charge is -2.23. The first-order chi connectivity index (χ1) is 5.92. The number of rotatable bonds is 2. The minimum atomic E-state index is -4.72. The third-order valence-corrected chi connectivity index (χ3v) is 2.60.